The van der Waals surface area contributed by atoms with Crippen molar-refractivity contribution in [3.63, 3.8) is 0 Å². The van der Waals surface area contributed by atoms with Gasteiger partial charge in [0, 0.05) is 19.7 Å². The first-order valence-electron chi connectivity index (χ1n) is 10.7. The van der Waals surface area contributed by atoms with Crippen molar-refractivity contribution in [2.75, 3.05) is 37.6 Å². The smallest absolute Gasteiger partial charge is 0.244 e. The fourth-order valence-corrected chi connectivity index (χ4v) is 4.57. The van der Waals surface area contributed by atoms with Crippen LogP contribution in [0.15, 0.2) is 42.5 Å². The Labute approximate surface area is 199 Å². The number of carbonyl (C=O) groups excluding carboxylic acids is 2. The molecule has 0 saturated carbocycles. The molecule has 0 aliphatic carbocycles. The van der Waals surface area contributed by atoms with E-state index in [0.717, 1.165) is 9.87 Å². The Balaban J connectivity index is 1.94. The summed E-state index contributed by atoms with van der Waals surface area (Å²) in [5.41, 5.74) is 1.00. The summed E-state index contributed by atoms with van der Waals surface area (Å²) < 4.78 is 42.8. The number of nitrogens with one attached hydrogen (secondary N) is 1. The van der Waals surface area contributed by atoms with E-state index < -0.39 is 28.5 Å². The number of hydrogen-bond donors (Lipinski definition) is 1. The van der Waals surface area contributed by atoms with Gasteiger partial charge in [-0.05, 0) is 43.7 Å². The van der Waals surface area contributed by atoms with E-state index in [-0.39, 0.29) is 30.7 Å². The Morgan fingerprint density at radius 2 is 1.88 bits per heavy atom. The van der Waals surface area contributed by atoms with Gasteiger partial charge in [0.1, 0.15) is 18.3 Å². The van der Waals surface area contributed by atoms with Crippen molar-refractivity contribution in [2.45, 2.75) is 26.4 Å². The predicted octanol–water partition coefficient (Wildman–Crippen LogP) is 1.74. The number of fused-ring (bicyclic) bond motifs is 1. The molecule has 0 radical (unpaired) electrons. The first-order valence-corrected chi connectivity index (χ1v) is 12.3. The lowest BCUT2D eigenvalue weighted by Gasteiger charge is -2.31. The minimum atomic E-state index is -3.83. The normalized spacial score (nSPS) is 13.2. The molecular weight excluding hydrogens is 462 g/mol. The molecule has 1 N–H and O–H groups in total. The van der Waals surface area contributed by atoms with E-state index in [4.69, 9.17) is 14.2 Å². The van der Waals surface area contributed by atoms with Gasteiger partial charge in [0.15, 0.2) is 11.5 Å². The summed E-state index contributed by atoms with van der Waals surface area (Å²) in [5.74, 6) is 0.381. The van der Waals surface area contributed by atoms with Crippen LogP contribution in [-0.4, -0.2) is 64.4 Å². The maximum atomic E-state index is 13.5. The summed E-state index contributed by atoms with van der Waals surface area (Å²) in [7, 11) is -0.810. The molecule has 2 aromatic carbocycles. The Kier molecular flexibility index (Phi) is 7.87. The average Bonchev–Trinajstić information content (AvgIpc) is 3.32. The number of carbonyl (C=O) groups is 2. The van der Waals surface area contributed by atoms with Crippen LogP contribution >= 0.6 is 0 Å². The van der Waals surface area contributed by atoms with Gasteiger partial charge in [-0.15, -0.1) is 0 Å². The van der Waals surface area contributed by atoms with Gasteiger partial charge in [-0.2, -0.15) is 0 Å². The van der Waals surface area contributed by atoms with Crippen molar-refractivity contribution >= 4 is 27.5 Å². The minimum absolute atomic E-state index is 0.0379. The van der Waals surface area contributed by atoms with E-state index in [9.17, 15) is 18.0 Å². The van der Waals surface area contributed by atoms with Crippen LogP contribution in [0.1, 0.15) is 19.4 Å². The van der Waals surface area contributed by atoms with Crippen molar-refractivity contribution in [1.29, 1.82) is 0 Å². The molecule has 0 bridgehead atoms. The van der Waals surface area contributed by atoms with Gasteiger partial charge in [-0.25, -0.2) is 8.42 Å². The van der Waals surface area contributed by atoms with Crippen LogP contribution in [0.5, 0.6) is 17.2 Å². The predicted molar refractivity (Wildman–Crippen MR) is 126 cm³/mol. The highest BCUT2D eigenvalue weighted by atomic mass is 32.2. The second kappa shape index (κ2) is 10.6. The fourth-order valence-electron chi connectivity index (χ4n) is 3.52. The van der Waals surface area contributed by atoms with Gasteiger partial charge in [-0.1, -0.05) is 12.1 Å². The van der Waals surface area contributed by atoms with E-state index in [2.05, 4.69) is 5.32 Å². The number of benzene rings is 2. The molecule has 34 heavy (non-hydrogen) atoms. The van der Waals surface area contributed by atoms with E-state index in [1.165, 1.54) is 32.0 Å². The third kappa shape index (κ3) is 5.53. The molecular formula is C23H29N3O7S. The zero-order valence-electron chi connectivity index (χ0n) is 19.6. The summed E-state index contributed by atoms with van der Waals surface area (Å²) in [5, 5.41) is 2.54. The molecule has 1 aliphatic rings. The van der Waals surface area contributed by atoms with Crippen LogP contribution in [0.2, 0.25) is 0 Å². The number of ether oxygens (including phenoxy) is 3. The number of methoxy groups -OCH3 is 1. The van der Waals surface area contributed by atoms with Gasteiger partial charge in [-0.3, -0.25) is 13.9 Å². The van der Waals surface area contributed by atoms with Crippen LogP contribution in [0.3, 0.4) is 0 Å². The zero-order chi connectivity index (χ0) is 24.9. The lowest BCUT2D eigenvalue weighted by Crippen LogP contribution is -2.50. The maximum absolute atomic E-state index is 13.5. The van der Waals surface area contributed by atoms with Crippen LogP contribution in [0, 0.1) is 0 Å². The van der Waals surface area contributed by atoms with Gasteiger partial charge in [0.25, 0.3) is 0 Å². The number of rotatable bonds is 10. The number of sulfonamides is 1. The first-order chi connectivity index (χ1) is 16.2. The SMILES string of the molecule is CCS(=O)(=O)N(CC(=O)N(Cc1cccc(OC)c1)[C@H](C)C(=O)NC)c1ccc2c(c1)OCO2. The minimum Gasteiger partial charge on any atom is -0.497 e. The highest BCUT2D eigenvalue weighted by Crippen LogP contribution is 2.36. The second-order valence-electron chi connectivity index (χ2n) is 7.61. The molecule has 2 aromatic rings. The molecule has 1 atom stereocenters. The molecule has 11 heteroatoms. The molecule has 184 valence electrons. The highest BCUT2D eigenvalue weighted by Gasteiger charge is 2.31. The second-order valence-corrected chi connectivity index (χ2v) is 9.79. The molecule has 1 heterocycles. The summed E-state index contributed by atoms with van der Waals surface area (Å²) in [6.07, 6.45) is 0. The molecule has 0 aromatic heterocycles. The van der Waals surface area contributed by atoms with Gasteiger partial charge in [0.2, 0.25) is 28.6 Å². The summed E-state index contributed by atoms with van der Waals surface area (Å²) in [4.78, 5) is 27.3. The molecule has 1 aliphatic heterocycles. The molecule has 10 nitrogen and oxygen atoms in total. The molecule has 3 rings (SSSR count). The number of anilines is 1. The van der Waals surface area contributed by atoms with E-state index in [1.807, 2.05) is 0 Å². The van der Waals surface area contributed by atoms with Crippen LogP contribution < -0.4 is 23.8 Å². The number of nitrogens with zero attached hydrogens (tertiary/aromatic N) is 2. The van der Waals surface area contributed by atoms with Gasteiger partial charge >= 0.3 is 0 Å². The lowest BCUT2D eigenvalue weighted by molar-refractivity contribution is -0.139. The van der Waals surface area contributed by atoms with Crippen LogP contribution in [-0.2, 0) is 26.2 Å². The third-order valence-corrected chi connectivity index (χ3v) is 7.27. The standard InChI is InChI=1S/C23H29N3O7S/c1-5-34(29,30)26(18-9-10-20-21(12-18)33-15-32-20)14-22(27)25(16(2)23(28)24-3)13-17-7-6-8-19(11-17)31-4/h6-12,16H,5,13-15H2,1-4H3,(H,24,28)/t16-/m1/s1. The summed E-state index contributed by atoms with van der Waals surface area (Å²) in [6.45, 7) is 2.74. The van der Waals surface area contributed by atoms with Crippen molar-refractivity contribution in [2.24, 2.45) is 0 Å². The van der Waals surface area contributed by atoms with Crippen molar-refractivity contribution in [1.82, 2.24) is 10.2 Å². The molecule has 0 fully saturated rings. The first kappa shape index (κ1) is 25.2. The van der Waals surface area contributed by atoms with E-state index in [1.54, 1.807) is 43.3 Å². The third-order valence-electron chi connectivity index (χ3n) is 5.52. The lowest BCUT2D eigenvalue weighted by atomic mass is 10.1. The van der Waals surface area contributed by atoms with Crippen LogP contribution in [0.4, 0.5) is 5.69 Å². The van der Waals surface area contributed by atoms with Crippen molar-refractivity contribution < 1.29 is 32.2 Å². The fraction of sp³-hybridized carbons (Fsp3) is 0.391. The van der Waals surface area contributed by atoms with Gasteiger partial charge < -0.3 is 24.4 Å². The van der Waals surface area contributed by atoms with Crippen LogP contribution in [0.25, 0.3) is 0 Å². The Hall–Kier alpha value is -3.47. The Morgan fingerprint density at radius 3 is 2.56 bits per heavy atom. The van der Waals surface area contributed by atoms with Crippen molar-refractivity contribution in [3.05, 3.63) is 48.0 Å². The van der Waals surface area contributed by atoms with E-state index >= 15 is 0 Å². The Bertz CT molecular complexity index is 1150. The molecule has 0 spiro atoms. The molecule has 0 unspecified atom stereocenters. The Morgan fingerprint density at radius 1 is 1.15 bits per heavy atom. The largest absolute Gasteiger partial charge is 0.497 e. The molecule has 0 saturated heterocycles. The van der Waals surface area contributed by atoms with Crippen molar-refractivity contribution in [3.8, 4) is 17.2 Å². The topological polar surface area (TPSA) is 114 Å². The number of amides is 2. The quantitative estimate of drug-likeness (QED) is 0.538. The maximum Gasteiger partial charge on any atom is 0.244 e. The number of likely N-dealkylation sites (N-methyl/N-ethyl adjacent to an activating group) is 1. The summed E-state index contributed by atoms with van der Waals surface area (Å²) in [6, 6.07) is 11.0. The number of hydrogen-bond acceptors (Lipinski definition) is 7. The zero-order valence-corrected chi connectivity index (χ0v) is 20.4. The molecule has 2 amide bonds. The monoisotopic (exact) mass is 491 g/mol. The van der Waals surface area contributed by atoms with E-state index in [0.29, 0.717) is 17.2 Å². The highest BCUT2D eigenvalue weighted by molar-refractivity contribution is 7.92. The average molecular weight is 492 g/mol. The summed E-state index contributed by atoms with van der Waals surface area (Å²) >= 11 is 0. The van der Waals surface area contributed by atoms with Gasteiger partial charge in [0.05, 0.1) is 18.6 Å².